The van der Waals surface area contributed by atoms with Gasteiger partial charge < -0.3 is 10.2 Å². The average Bonchev–Trinajstić information content (AvgIpc) is 2.84. The molecular weight excluding hydrogens is 284 g/mol. The van der Waals surface area contributed by atoms with E-state index in [-0.39, 0.29) is 16.9 Å². The Hall–Kier alpha value is -0.780. The fraction of sp³-hybridized carbons (Fsp3) is 0.810. The lowest BCUT2D eigenvalue weighted by Gasteiger charge is -2.58. The molecule has 0 bridgehead atoms. The van der Waals surface area contributed by atoms with Crippen molar-refractivity contribution in [2.45, 2.75) is 76.9 Å². The maximum atomic E-state index is 10.5. The van der Waals surface area contributed by atoms with Gasteiger partial charge in [-0.15, -0.1) is 6.42 Å². The molecule has 2 N–H and O–H groups in total. The predicted molar refractivity (Wildman–Crippen MR) is 91.5 cm³/mol. The third kappa shape index (κ3) is 2.02. The van der Waals surface area contributed by atoms with Gasteiger partial charge in [-0.25, -0.2) is 0 Å². The summed E-state index contributed by atoms with van der Waals surface area (Å²) in [4.78, 5) is 0. The molecule has 0 unspecified atom stereocenters. The molecule has 4 aliphatic carbocycles. The summed E-state index contributed by atoms with van der Waals surface area (Å²) in [6.07, 6.45) is 15.9. The van der Waals surface area contributed by atoms with Crippen molar-refractivity contribution >= 4 is 0 Å². The Morgan fingerprint density at radius 1 is 1.13 bits per heavy atom. The van der Waals surface area contributed by atoms with E-state index in [1.165, 1.54) is 18.4 Å². The number of terminal acetylenes is 1. The first-order valence-electron chi connectivity index (χ1n) is 9.40. The number of allylic oxidation sites excluding steroid dienone is 1. The molecule has 0 aromatic heterocycles. The molecular formula is C21H30O2. The number of aliphatic hydroxyl groups is 2. The zero-order valence-electron chi connectivity index (χ0n) is 14.5. The highest BCUT2D eigenvalue weighted by Gasteiger charge is 2.59. The Morgan fingerprint density at radius 3 is 2.65 bits per heavy atom. The van der Waals surface area contributed by atoms with Crippen LogP contribution in [0, 0.1) is 40.9 Å². The van der Waals surface area contributed by atoms with Crippen LogP contribution in [0.1, 0.15) is 65.2 Å². The van der Waals surface area contributed by atoms with E-state index in [2.05, 4.69) is 25.8 Å². The first kappa shape index (κ1) is 15.7. The maximum Gasteiger partial charge on any atom is 0.128 e. The molecule has 2 nitrogen and oxygen atoms in total. The second-order valence-corrected chi connectivity index (χ2v) is 9.25. The summed E-state index contributed by atoms with van der Waals surface area (Å²) in [5.41, 5.74) is 0.829. The van der Waals surface area contributed by atoms with Crippen molar-refractivity contribution in [1.82, 2.24) is 0 Å². The van der Waals surface area contributed by atoms with E-state index in [9.17, 15) is 10.2 Å². The molecule has 0 aliphatic heterocycles. The molecule has 0 aromatic carbocycles. The van der Waals surface area contributed by atoms with Crippen LogP contribution in [-0.2, 0) is 0 Å². The smallest absolute Gasteiger partial charge is 0.128 e. The number of fused-ring (bicyclic) bond motifs is 5. The summed E-state index contributed by atoms with van der Waals surface area (Å²) < 4.78 is 0. The molecule has 4 rings (SSSR count). The summed E-state index contributed by atoms with van der Waals surface area (Å²) in [6.45, 7) is 4.74. The lowest BCUT2D eigenvalue weighted by Crippen LogP contribution is -2.52. The van der Waals surface area contributed by atoms with Crippen LogP contribution in [-0.4, -0.2) is 21.9 Å². The molecule has 0 radical (unpaired) electrons. The SMILES string of the molecule is C#C[C@]1(O)CC[C@@]2(C)C(=CC[C@H]3[C@@H]4CC[C@H](O)[C@@]4(C)CC[C@@H]32)C1. The molecule has 0 spiro atoms. The van der Waals surface area contributed by atoms with Crippen LogP contribution in [0.3, 0.4) is 0 Å². The molecule has 0 aromatic rings. The molecule has 2 heteroatoms. The summed E-state index contributed by atoms with van der Waals surface area (Å²) in [7, 11) is 0. The van der Waals surface area contributed by atoms with Crippen molar-refractivity contribution in [1.29, 1.82) is 0 Å². The Morgan fingerprint density at radius 2 is 1.91 bits per heavy atom. The molecule has 23 heavy (non-hydrogen) atoms. The molecule has 3 fully saturated rings. The molecule has 4 aliphatic rings. The summed E-state index contributed by atoms with van der Waals surface area (Å²) in [6, 6.07) is 0. The topological polar surface area (TPSA) is 40.5 Å². The van der Waals surface area contributed by atoms with E-state index in [0.29, 0.717) is 24.2 Å². The van der Waals surface area contributed by atoms with Crippen molar-refractivity contribution in [3.63, 3.8) is 0 Å². The highest BCUT2D eigenvalue weighted by Crippen LogP contribution is 2.65. The van der Waals surface area contributed by atoms with Gasteiger partial charge in [0.1, 0.15) is 5.60 Å². The summed E-state index contributed by atoms with van der Waals surface area (Å²) in [5, 5.41) is 21.0. The Kier molecular flexibility index (Phi) is 3.33. The van der Waals surface area contributed by atoms with Gasteiger partial charge in [-0.3, -0.25) is 0 Å². The molecule has 3 saturated carbocycles. The number of hydrogen-bond donors (Lipinski definition) is 2. The van der Waals surface area contributed by atoms with Gasteiger partial charge in [0.2, 0.25) is 0 Å². The van der Waals surface area contributed by atoms with Gasteiger partial charge in [0.15, 0.2) is 0 Å². The zero-order valence-corrected chi connectivity index (χ0v) is 14.5. The van der Waals surface area contributed by atoms with E-state index in [4.69, 9.17) is 6.42 Å². The van der Waals surface area contributed by atoms with Crippen LogP contribution in [0.15, 0.2) is 11.6 Å². The lowest BCUT2D eigenvalue weighted by atomic mass is 9.47. The van der Waals surface area contributed by atoms with Gasteiger partial charge in [-0.1, -0.05) is 31.4 Å². The van der Waals surface area contributed by atoms with Crippen LogP contribution in [0.25, 0.3) is 0 Å². The fourth-order valence-electron chi connectivity index (χ4n) is 6.74. The Labute approximate surface area is 140 Å². The Balaban J connectivity index is 1.67. The molecule has 0 heterocycles. The van der Waals surface area contributed by atoms with Crippen LogP contribution in [0.2, 0.25) is 0 Å². The highest BCUT2D eigenvalue weighted by atomic mass is 16.3. The monoisotopic (exact) mass is 314 g/mol. The van der Waals surface area contributed by atoms with E-state index < -0.39 is 5.60 Å². The van der Waals surface area contributed by atoms with Gasteiger partial charge in [0, 0.05) is 6.42 Å². The van der Waals surface area contributed by atoms with Crippen LogP contribution >= 0.6 is 0 Å². The van der Waals surface area contributed by atoms with Crippen LogP contribution in [0.4, 0.5) is 0 Å². The quantitative estimate of drug-likeness (QED) is 0.529. The Bertz CT molecular complexity index is 587. The van der Waals surface area contributed by atoms with Crippen LogP contribution in [0.5, 0.6) is 0 Å². The van der Waals surface area contributed by atoms with Crippen molar-refractivity contribution in [2.24, 2.45) is 28.6 Å². The molecule has 0 saturated heterocycles. The summed E-state index contributed by atoms with van der Waals surface area (Å²) >= 11 is 0. The number of rotatable bonds is 0. The first-order valence-corrected chi connectivity index (χ1v) is 9.40. The minimum atomic E-state index is -0.926. The van der Waals surface area contributed by atoms with Gasteiger partial charge in [-0.2, -0.15) is 0 Å². The largest absolute Gasteiger partial charge is 0.393 e. The third-order valence-corrected chi connectivity index (χ3v) is 8.38. The highest BCUT2D eigenvalue weighted by molar-refractivity contribution is 5.30. The predicted octanol–water partition coefficient (Wildman–Crippen LogP) is 3.67. The zero-order chi connectivity index (χ0) is 16.5. The lowest BCUT2D eigenvalue weighted by molar-refractivity contribution is -0.0759. The number of aliphatic hydroxyl groups excluding tert-OH is 1. The first-order chi connectivity index (χ1) is 10.8. The van der Waals surface area contributed by atoms with Crippen molar-refractivity contribution in [3.05, 3.63) is 11.6 Å². The van der Waals surface area contributed by atoms with Crippen molar-refractivity contribution in [3.8, 4) is 12.3 Å². The van der Waals surface area contributed by atoms with Crippen molar-refractivity contribution < 1.29 is 10.2 Å². The average molecular weight is 314 g/mol. The number of hydrogen-bond acceptors (Lipinski definition) is 2. The molecule has 7 atom stereocenters. The van der Waals surface area contributed by atoms with E-state index in [1.807, 2.05) is 0 Å². The fourth-order valence-corrected chi connectivity index (χ4v) is 6.74. The molecule has 126 valence electrons. The summed E-state index contributed by atoms with van der Waals surface area (Å²) in [5.74, 6) is 4.71. The maximum absolute atomic E-state index is 10.5. The van der Waals surface area contributed by atoms with Gasteiger partial charge in [0.05, 0.1) is 6.10 Å². The van der Waals surface area contributed by atoms with Crippen molar-refractivity contribution in [2.75, 3.05) is 0 Å². The standard InChI is InChI=1S/C21H30O2/c1-4-21(23)12-11-19(2)14(13-21)5-6-15-16-7-8-18(22)20(16,3)10-9-17(15)19/h1,5,15-18,22-23H,6-13H2,2-3H3/t15-,16-,17-,18-,19-,20-,21-/m0/s1. The second kappa shape index (κ2) is 4.87. The second-order valence-electron chi connectivity index (χ2n) is 9.25. The van der Waals surface area contributed by atoms with Gasteiger partial charge in [-0.05, 0) is 73.5 Å². The minimum absolute atomic E-state index is 0.107. The van der Waals surface area contributed by atoms with E-state index >= 15 is 0 Å². The van der Waals surface area contributed by atoms with Crippen LogP contribution < -0.4 is 0 Å². The van der Waals surface area contributed by atoms with E-state index in [1.54, 1.807) is 0 Å². The van der Waals surface area contributed by atoms with Gasteiger partial charge in [0.25, 0.3) is 0 Å². The van der Waals surface area contributed by atoms with Gasteiger partial charge >= 0.3 is 0 Å². The molecule has 0 amide bonds. The van der Waals surface area contributed by atoms with E-state index in [0.717, 1.165) is 32.1 Å². The third-order valence-electron chi connectivity index (χ3n) is 8.38. The normalized spacial score (nSPS) is 55.2. The minimum Gasteiger partial charge on any atom is -0.393 e.